The zero-order chi connectivity index (χ0) is 31.1. The van der Waals surface area contributed by atoms with Crippen molar-refractivity contribution in [3.8, 4) is 0 Å². The Balaban J connectivity index is 1.59. The van der Waals surface area contributed by atoms with Gasteiger partial charge in [-0.05, 0) is 93.3 Å². The lowest BCUT2D eigenvalue weighted by Gasteiger charge is -2.64. The van der Waals surface area contributed by atoms with Gasteiger partial charge < -0.3 is 9.53 Å². The number of fused-ring (bicyclic) bond motifs is 5. The van der Waals surface area contributed by atoms with E-state index in [0.29, 0.717) is 24.0 Å². The first kappa shape index (κ1) is 32.3. The number of Topliss-reactive ketones (excluding diaryl/α,β-unsaturated/α-hetero) is 2. The second-order valence-electron chi connectivity index (χ2n) is 15.7. The molecule has 0 radical (unpaired) electrons. The predicted octanol–water partition coefficient (Wildman–Crippen LogP) is 7.57. The third-order valence-corrected chi connectivity index (χ3v) is 12.9. The Morgan fingerprint density at radius 3 is 2.58 bits per heavy atom. The van der Waals surface area contributed by atoms with Gasteiger partial charge in [0.15, 0.2) is 5.78 Å². The molecule has 4 aliphatic rings. The van der Waals surface area contributed by atoms with Crippen molar-refractivity contribution in [2.75, 3.05) is 0 Å². The number of aryl methyl sites for hydroxylation is 1. The van der Waals surface area contributed by atoms with Crippen LogP contribution >= 0.6 is 0 Å². The molecule has 7 nitrogen and oxygen atoms in total. The zero-order valence-electron chi connectivity index (χ0n) is 27.9. The Hall–Kier alpha value is -2.05. The van der Waals surface area contributed by atoms with Crippen LogP contribution in [0.25, 0.3) is 0 Å². The Morgan fingerprint density at radius 1 is 1.12 bits per heavy atom. The number of nitrogens with zero attached hydrogens (tertiary/aromatic N) is 3. The van der Waals surface area contributed by atoms with Gasteiger partial charge in [0.25, 0.3) is 0 Å². The van der Waals surface area contributed by atoms with E-state index in [1.165, 1.54) is 25.7 Å². The average Bonchev–Trinajstić information content (AvgIpc) is 3.56. The lowest BCUT2D eigenvalue weighted by atomic mass is 9.41. The van der Waals surface area contributed by atoms with Crippen molar-refractivity contribution in [3.05, 3.63) is 11.9 Å². The van der Waals surface area contributed by atoms with Gasteiger partial charge in [-0.1, -0.05) is 65.5 Å². The summed E-state index contributed by atoms with van der Waals surface area (Å²) in [5.41, 5.74) is 0.386. The summed E-state index contributed by atoms with van der Waals surface area (Å²) < 4.78 is 8.23. The molecule has 0 spiro atoms. The molecule has 1 aromatic heterocycles. The van der Waals surface area contributed by atoms with Gasteiger partial charge in [-0.2, -0.15) is 0 Å². The van der Waals surface area contributed by atoms with Gasteiger partial charge in [0.1, 0.15) is 17.9 Å². The topological polar surface area (TPSA) is 91.2 Å². The SMILES string of the molecule is CCCCCCc1cn(C2C(=O)[C@@]3(C)C(CCC3[C@H](C)CCC(C)=O)C3C(OC(C)=O)C[C@@H]4C[C@H](C)CC[C@]4(C)C32)nn1. The van der Waals surface area contributed by atoms with Crippen LogP contribution in [0.3, 0.4) is 0 Å². The maximum Gasteiger partial charge on any atom is 0.302 e. The summed E-state index contributed by atoms with van der Waals surface area (Å²) in [4.78, 5) is 39.8. The highest BCUT2D eigenvalue weighted by Gasteiger charge is 2.70. The van der Waals surface area contributed by atoms with Crippen LogP contribution < -0.4 is 0 Å². The van der Waals surface area contributed by atoms with Crippen molar-refractivity contribution in [2.45, 2.75) is 144 Å². The van der Waals surface area contributed by atoms with E-state index in [1.54, 1.807) is 13.8 Å². The third kappa shape index (κ3) is 5.88. The normalized spacial score (nSPS) is 39.5. The number of carbonyl (C=O) groups excluding carboxylic acids is 3. The molecule has 0 amide bonds. The van der Waals surface area contributed by atoms with Gasteiger partial charge in [0, 0.05) is 36.8 Å². The number of ether oxygens (including phenoxy) is 1. The average molecular weight is 596 g/mol. The molecule has 0 aliphatic heterocycles. The first-order valence-electron chi connectivity index (χ1n) is 17.5. The summed E-state index contributed by atoms with van der Waals surface area (Å²) in [7, 11) is 0. The fourth-order valence-corrected chi connectivity index (χ4v) is 10.7. The van der Waals surface area contributed by atoms with Crippen molar-refractivity contribution in [1.82, 2.24) is 15.0 Å². The van der Waals surface area contributed by atoms with Crippen molar-refractivity contribution < 1.29 is 19.1 Å². The van der Waals surface area contributed by atoms with E-state index in [4.69, 9.17) is 9.95 Å². The Labute approximate surface area is 259 Å². The van der Waals surface area contributed by atoms with Crippen molar-refractivity contribution >= 4 is 17.5 Å². The number of hydrogen-bond donors (Lipinski definition) is 0. The fourth-order valence-electron chi connectivity index (χ4n) is 10.7. The molecular formula is C36H57N3O4. The number of rotatable bonds is 11. The second kappa shape index (κ2) is 12.7. The minimum atomic E-state index is -0.557. The van der Waals surface area contributed by atoms with Gasteiger partial charge in [-0.3, -0.25) is 9.59 Å². The summed E-state index contributed by atoms with van der Waals surface area (Å²) in [5.74, 6) is 2.11. The molecular weight excluding hydrogens is 538 g/mol. The molecule has 6 unspecified atom stereocenters. The lowest BCUT2D eigenvalue weighted by molar-refractivity contribution is -0.203. The van der Waals surface area contributed by atoms with Crippen LogP contribution in [0.2, 0.25) is 0 Å². The van der Waals surface area contributed by atoms with Crippen LogP contribution in [-0.2, 0) is 25.5 Å². The highest BCUT2D eigenvalue weighted by atomic mass is 16.5. The molecule has 4 aliphatic carbocycles. The molecule has 11 atom stereocenters. The predicted molar refractivity (Wildman–Crippen MR) is 167 cm³/mol. The molecule has 1 heterocycles. The summed E-state index contributed by atoms with van der Waals surface area (Å²) >= 11 is 0. The summed E-state index contributed by atoms with van der Waals surface area (Å²) in [6, 6.07) is -0.414. The van der Waals surface area contributed by atoms with Crippen LogP contribution in [0.5, 0.6) is 0 Å². The highest BCUT2D eigenvalue weighted by molar-refractivity contribution is 5.90. The Morgan fingerprint density at radius 2 is 1.88 bits per heavy atom. The minimum Gasteiger partial charge on any atom is -0.462 e. The third-order valence-electron chi connectivity index (χ3n) is 12.9. The Kier molecular flexibility index (Phi) is 9.59. The minimum absolute atomic E-state index is 0.0267. The molecule has 1 aromatic rings. The van der Waals surface area contributed by atoms with E-state index in [9.17, 15) is 9.59 Å². The number of aromatic nitrogens is 3. The van der Waals surface area contributed by atoms with Crippen LogP contribution in [0.15, 0.2) is 6.20 Å². The number of carbonyl (C=O) groups is 3. The number of hydrogen-bond acceptors (Lipinski definition) is 6. The lowest BCUT2D eigenvalue weighted by Crippen LogP contribution is -2.65. The first-order chi connectivity index (χ1) is 20.4. The second-order valence-corrected chi connectivity index (χ2v) is 15.7. The molecule has 7 heteroatoms. The number of esters is 1. The summed E-state index contributed by atoms with van der Waals surface area (Å²) in [6.45, 7) is 14.7. The molecule has 0 N–H and O–H groups in total. The molecule has 240 valence electrons. The first-order valence-corrected chi connectivity index (χ1v) is 17.5. The largest absolute Gasteiger partial charge is 0.462 e. The summed E-state index contributed by atoms with van der Waals surface area (Å²) in [5, 5.41) is 9.33. The van der Waals surface area contributed by atoms with Gasteiger partial charge in [-0.25, -0.2) is 4.68 Å². The van der Waals surface area contributed by atoms with Crippen LogP contribution in [-0.4, -0.2) is 38.6 Å². The monoisotopic (exact) mass is 595 g/mol. The van der Waals surface area contributed by atoms with E-state index >= 15 is 4.79 Å². The van der Waals surface area contributed by atoms with E-state index in [-0.39, 0.29) is 52.9 Å². The molecule has 0 saturated heterocycles. The van der Waals surface area contributed by atoms with Crippen LogP contribution in [0.1, 0.15) is 137 Å². The molecule has 4 saturated carbocycles. The van der Waals surface area contributed by atoms with E-state index < -0.39 is 11.5 Å². The number of unbranched alkanes of at least 4 members (excludes halogenated alkanes) is 3. The van der Waals surface area contributed by atoms with Gasteiger partial charge in [0.2, 0.25) is 0 Å². The van der Waals surface area contributed by atoms with Crippen LogP contribution in [0.4, 0.5) is 0 Å². The van der Waals surface area contributed by atoms with Crippen LogP contribution in [0, 0.1) is 52.3 Å². The molecule has 5 rings (SSSR count). The van der Waals surface area contributed by atoms with Gasteiger partial charge in [0.05, 0.1) is 5.69 Å². The van der Waals surface area contributed by atoms with Gasteiger partial charge >= 0.3 is 5.97 Å². The van der Waals surface area contributed by atoms with E-state index in [1.807, 2.05) is 4.68 Å². The quantitative estimate of drug-likeness (QED) is 0.194. The highest BCUT2D eigenvalue weighted by Crippen LogP contribution is 2.70. The Bertz CT molecular complexity index is 1180. The molecule has 0 bridgehead atoms. The maximum absolute atomic E-state index is 15.3. The van der Waals surface area contributed by atoms with Gasteiger partial charge in [-0.15, -0.1) is 5.10 Å². The van der Waals surface area contributed by atoms with E-state index in [0.717, 1.165) is 57.1 Å². The molecule has 4 fully saturated rings. The van der Waals surface area contributed by atoms with Crippen molar-refractivity contribution in [1.29, 1.82) is 0 Å². The maximum atomic E-state index is 15.3. The molecule has 0 aromatic carbocycles. The zero-order valence-corrected chi connectivity index (χ0v) is 27.9. The smallest absolute Gasteiger partial charge is 0.302 e. The van der Waals surface area contributed by atoms with E-state index in [2.05, 4.69) is 45.9 Å². The standard InChI is InChI=1S/C36H57N3O4/c1-8-9-10-11-12-27-21-39(38-37-27)33-32-31(30(43-25(5)41)20-26-19-22(2)17-18-35(26,32)6)29-16-15-28(36(29,7)34(33)42)23(3)13-14-24(4)40/h21-23,26,28-33H,8-20H2,1-7H3/t22-,23-,26+,28?,29?,30?,31?,32?,33?,35+,36-/m1/s1. The fraction of sp³-hybridized carbons (Fsp3) is 0.861. The number of ketones is 2. The van der Waals surface area contributed by atoms with Crippen molar-refractivity contribution in [3.63, 3.8) is 0 Å². The summed E-state index contributed by atoms with van der Waals surface area (Å²) in [6.07, 6.45) is 15.0. The van der Waals surface area contributed by atoms with Crippen molar-refractivity contribution in [2.24, 2.45) is 52.3 Å². The molecule has 43 heavy (non-hydrogen) atoms.